The van der Waals surface area contributed by atoms with Crippen LogP contribution in [-0.4, -0.2) is 42.7 Å². The predicted molar refractivity (Wildman–Crippen MR) is 73.7 cm³/mol. The van der Waals surface area contributed by atoms with Gasteiger partial charge in [-0.05, 0) is 0 Å². The molecule has 0 aliphatic rings. The third-order valence-corrected chi connectivity index (χ3v) is 2.68. The fraction of sp³-hybridized carbons (Fsp3) is 1.00. The van der Waals surface area contributed by atoms with E-state index in [-0.39, 0.29) is 14.5 Å². The first-order valence-electron chi connectivity index (χ1n) is 3.78. The van der Waals surface area contributed by atoms with E-state index < -0.39 is 17.2 Å². The van der Waals surface area contributed by atoms with Crippen LogP contribution in [0.4, 0.5) is 0 Å². The van der Waals surface area contributed by atoms with Crippen LogP contribution in [0.3, 0.4) is 0 Å². The number of hydrogen-bond acceptors (Lipinski definition) is 6. The van der Waals surface area contributed by atoms with Crippen LogP contribution in [0.1, 0.15) is 0 Å². The van der Waals surface area contributed by atoms with E-state index in [4.69, 9.17) is 0 Å². The van der Waals surface area contributed by atoms with Crippen molar-refractivity contribution >= 4 is 43.8 Å². The van der Waals surface area contributed by atoms with Crippen molar-refractivity contribution in [1.29, 1.82) is 0 Å². The van der Waals surface area contributed by atoms with Crippen LogP contribution in [0.15, 0.2) is 0 Å². The molecule has 0 fully saturated rings. The molecule has 0 saturated heterocycles. The van der Waals surface area contributed by atoms with Crippen molar-refractivity contribution in [1.82, 2.24) is 0 Å². The van der Waals surface area contributed by atoms with Crippen LogP contribution < -0.4 is 0 Å². The van der Waals surface area contributed by atoms with Gasteiger partial charge in [0.2, 0.25) is 0 Å². The Morgan fingerprint density at radius 1 is 0.588 bits per heavy atom. The molecule has 0 aromatic carbocycles. The summed E-state index contributed by atoms with van der Waals surface area (Å²) in [5, 5.41) is 0. The van der Waals surface area contributed by atoms with E-state index in [2.05, 4.69) is 53.7 Å². The standard InChI is InChI=1S/2C3H9O3P.2BrH.Pt/c2*1-4-7(5-2)6-3;;;/h2*1-3H3;2*1H;/q;;;;+2/p-2. The summed E-state index contributed by atoms with van der Waals surface area (Å²) in [6.07, 6.45) is 0. The topological polar surface area (TPSA) is 55.4 Å². The molecule has 6 nitrogen and oxygen atoms in total. The maximum atomic E-state index is 4.67. The van der Waals surface area contributed by atoms with E-state index in [0.717, 1.165) is 0 Å². The third kappa shape index (κ3) is 23.7. The monoisotopic (exact) mass is 601 g/mol. The molecule has 0 N–H and O–H groups in total. The average Bonchev–Trinajstić information content (AvgIpc) is 2.35. The summed E-state index contributed by atoms with van der Waals surface area (Å²) < 4.78 is 28.0. The van der Waals surface area contributed by atoms with Gasteiger partial charge in [0.15, 0.2) is 0 Å². The Kier molecular flexibility index (Phi) is 33.4. The molecule has 0 aliphatic heterocycles. The van der Waals surface area contributed by atoms with E-state index >= 15 is 0 Å². The molecule has 0 saturated carbocycles. The van der Waals surface area contributed by atoms with E-state index in [9.17, 15) is 0 Å². The maximum absolute atomic E-state index is 4.67. The van der Waals surface area contributed by atoms with Gasteiger partial charge < -0.3 is 27.1 Å². The molecule has 0 radical (unpaired) electrons. The Balaban J connectivity index is -0.000000188. The molecule has 0 bridgehead atoms. The van der Waals surface area contributed by atoms with Crippen molar-refractivity contribution in [3.63, 3.8) is 0 Å². The Morgan fingerprint density at radius 2 is 0.706 bits per heavy atom. The zero-order valence-corrected chi connectivity index (χ0v) is 17.6. The zero-order valence-electron chi connectivity index (χ0n) is 10.4. The Morgan fingerprint density at radius 3 is 0.706 bits per heavy atom. The van der Waals surface area contributed by atoms with Gasteiger partial charge in [0.05, 0.1) is 0 Å². The molecule has 0 aromatic rings. The minimum atomic E-state index is -1.05. The predicted octanol–water partition coefficient (Wildman–Crippen LogP) is 3.99. The Hall–Kier alpha value is 2.27. The van der Waals surface area contributed by atoms with Crippen molar-refractivity contribution in [3.8, 4) is 0 Å². The van der Waals surface area contributed by atoms with Gasteiger partial charge in [-0.2, -0.15) is 0 Å². The first-order chi connectivity index (χ1) is 8.11. The van der Waals surface area contributed by atoms with Crippen LogP contribution in [-0.2, 0) is 41.6 Å². The molecule has 0 unspecified atom stereocenters. The first-order valence-corrected chi connectivity index (χ1v) is 15.9. The third-order valence-electron chi connectivity index (χ3n) is 0.894. The first kappa shape index (κ1) is 24.3. The second kappa shape index (κ2) is 23.4. The molecule has 0 atom stereocenters. The second-order valence-corrected chi connectivity index (χ2v) is 14.6. The van der Waals surface area contributed by atoms with Crippen LogP contribution >= 0.6 is 43.8 Å². The summed E-state index contributed by atoms with van der Waals surface area (Å²) in [7, 11) is 7.13. The van der Waals surface area contributed by atoms with Crippen LogP contribution in [0.2, 0.25) is 0 Å². The minimum absolute atomic E-state index is 0.208. The van der Waals surface area contributed by atoms with Crippen molar-refractivity contribution in [2.45, 2.75) is 0 Å². The summed E-state index contributed by atoms with van der Waals surface area (Å²) in [4.78, 5) is 0. The van der Waals surface area contributed by atoms with E-state index in [1.807, 2.05) is 0 Å². The summed E-state index contributed by atoms with van der Waals surface area (Å²) in [6.45, 7) is 0. The molecule has 112 valence electrons. The van der Waals surface area contributed by atoms with Crippen molar-refractivity contribution < 1.29 is 41.6 Å². The fourth-order valence-corrected chi connectivity index (χ4v) is 1.34. The van der Waals surface area contributed by atoms with Gasteiger partial charge in [0.25, 0.3) is 0 Å². The molecule has 17 heavy (non-hydrogen) atoms. The van der Waals surface area contributed by atoms with E-state index in [0.29, 0.717) is 0 Å². The Labute approximate surface area is 127 Å². The molecule has 0 heterocycles. The van der Waals surface area contributed by atoms with Gasteiger partial charge in [-0.3, -0.25) is 0 Å². The molecule has 0 spiro atoms. The molecule has 0 rings (SSSR count). The zero-order chi connectivity index (χ0) is 14.1. The number of hydrogen-bond donors (Lipinski definition) is 0. The van der Waals surface area contributed by atoms with Gasteiger partial charge in [-0.15, -0.1) is 0 Å². The summed E-state index contributed by atoms with van der Waals surface area (Å²) in [5.74, 6) is 0. The molecule has 0 aromatic heterocycles. The number of rotatable bonds is 6. The van der Waals surface area contributed by atoms with E-state index in [1.54, 1.807) is 42.7 Å². The van der Waals surface area contributed by atoms with Crippen LogP contribution in [0, 0.1) is 0 Å². The molecule has 0 aliphatic carbocycles. The fourth-order valence-electron chi connectivity index (χ4n) is 0.447. The van der Waals surface area contributed by atoms with Crippen LogP contribution in [0.25, 0.3) is 0 Å². The van der Waals surface area contributed by atoms with Crippen molar-refractivity contribution in [2.75, 3.05) is 42.7 Å². The molecular formula is C6H18Br2O6P2Pt. The van der Waals surface area contributed by atoms with Gasteiger partial charge in [0, 0.05) is 42.7 Å². The summed E-state index contributed by atoms with van der Waals surface area (Å²) in [6, 6.07) is 0. The number of halogens is 2. The van der Waals surface area contributed by atoms with Crippen molar-refractivity contribution in [3.05, 3.63) is 0 Å². The van der Waals surface area contributed by atoms with Crippen LogP contribution in [0.5, 0.6) is 0 Å². The van der Waals surface area contributed by atoms with Gasteiger partial charge in [-0.1, -0.05) is 0 Å². The van der Waals surface area contributed by atoms with Gasteiger partial charge in [-0.25, -0.2) is 0 Å². The molecular weight excluding hydrogens is 585 g/mol. The normalized spacial score (nSPS) is 9.76. The summed E-state index contributed by atoms with van der Waals surface area (Å²) >= 11 is 6.56. The quantitative estimate of drug-likeness (QED) is 0.429. The van der Waals surface area contributed by atoms with Gasteiger partial charge in [0.1, 0.15) is 0 Å². The average molecular weight is 603 g/mol. The van der Waals surface area contributed by atoms with Crippen molar-refractivity contribution in [2.24, 2.45) is 0 Å². The molecule has 0 amide bonds. The second-order valence-electron chi connectivity index (χ2n) is 1.59. The Bertz CT molecular complexity index is 99.7. The molecule has 11 heteroatoms. The SMILES string of the molecule is COP(OC)OC.COP(OC)OC.[Br][Pt][Br]. The summed E-state index contributed by atoms with van der Waals surface area (Å²) in [5.41, 5.74) is 0. The van der Waals surface area contributed by atoms with Gasteiger partial charge >= 0.3 is 58.2 Å². The van der Waals surface area contributed by atoms with E-state index in [1.165, 1.54) is 0 Å².